The van der Waals surface area contributed by atoms with Crippen LogP contribution in [0.5, 0.6) is 5.75 Å². The van der Waals surface area contributed by atoms with E-state index in [1.54, 1.807) is 25.3 Å². The molecule has 2 saturated heterocycles. The number of anilines is 1. The number of sulfone groups is 1. The smallest absolute Gasteiger partial charge is 0.248 e. The molecule has 6 nitrogen and oxygen atoms in total. The Labute approximate surface area is 162 Å². The predicted octanol–water partition coefficient (Wildman–Crippen LogP) is 3.14. The number of fused-ring (bicyclic) bond motifs is 1. The number of aliphatic imine (C=N–C) groups is 1. The summed E-state index contributed by atoms with van der Waals surface area (Å²) >= 11 is 7.51. The molecule has 3 rings (SSSR count). The number of thioether (sulfide) groups is 1. The van der Waals surface area contributed by atoms with E-state index in [2.05, 4.69) is 4.99 Å². The fourth-order valence-electron chi connectivity index (χ4n) is 3.19. The summed E-state index contributed by atoms with van der Waals surface area (Å²) in [7, 11) is -1.57. The summed E-state index contributed by atoms with van der Waals surface area (Å²) in [5, 5.41) is 0.879. The van der Waals surface area contributed by atoms with Crippen LogP contribution in [0.15, 0.2) is 23.2 Å². The van der Waals surface area contributed by atoms with Gasteiger partial charge in [0.05, 0.1) is 30.3 Å². The van der Waals surface area contributed by atoms with Crippen LogP contribution in [-0.4, -0.2) is 49.4 Å². The molecule has 2 aliphatic rings. The number of rotatable bonds is 5. The summed E-state index contributed by atoms with van der Waals surface area (Å²) in [5.74, 6) is 0.490. The molecule has 1 amide bonds. The van der Waals surface area contributed by atoms with Crippen molar-refractivity contribution in [1.29, 1.82) is 0 Å². The van der Waals surface area contributed by atoms with E-state index in [0.717, 1.165) is 12.8 Å². The highest BCUT2D eigenvalue weighted by atomic mass is 35.5. The molecule has 2 fully saturated rings. The number of benzene rings is 1. The fraction of sp³-hybridized carbons (Fsp3) is 0.529. The van der Waals surface area contributed by atoms with E-state index in [-0.39, 0.29) is 28.7 Å². The summed E-state index contributed by atoms with van der Waals surface area (Å²) in [6.07, 6.45) is 2.08. The maximum absolute atomic E-state index is 12.2. The van der Waals surface area contributed by atoms with Crippen molar-refractivity contribution < 1.29 is 17.9 Å². The lowest BCUT2D eigenvalue weighted by Gasteiger charge is -2.26. The van der Waals surface area contributed by atoms with Crippen LogP contribution < -0.4 is 9.64 Å². The summed E-state index contributed by atoms with van der Waals surface area (Å²) < 4.78 is 29.6. The second kappa shape index (κ2) is 7.78. The van der Waals surface area contributed by atoms with E-state index in [0.29, 0.717) is 28.0 Å². The van der Waals surface area contributed by atoms with E-state index >= 15 is 0 Å². The third-order valence-corrected chi connectivity index (χ3v) is 7.88. The van der Waals surface area contributed by atoms with Gasteiger partial charge in [-0.15, -0.1) is 0 Å². The van der Waals surface area contributed by atoms with Crippen molar-refractivity contribution in [3.8, 4) is 5.75 Å². The van der Waals surface area contributed by atoms with E-state index in [1.807, 2.05) is 11.8 Å². The van der Waals surface area contributed by atoms with E-state index in [4.69, 9.17) is 16.3 Å². The third-order valence-electron chi connectivity index (χ3n) is 4.43. The molecule has 9 heteroatoms. The number of hydrogen-bond donors (Lipinski definition) is 0. The van der Waals surface area contributed by atoms with Crippen LogP contribution in [0.1, 0.15) is 26.2 Å². The van der Waals surface area contributed by atoms with Crippen molar-refractivity contribution in [2.75, 3.05) is 23.5 Å². The molecular weight excluding hydrogens is 396 g/mol. The SMILES string of the molecule is CCCCC(=O)N=C1S[C@@H]2CS(=O)(=O)C[C@@H]2N1c1cc(Cl)ccc1OC. The second-order valence-corrected chi connectivity index (χ2v) is 10.2. The molecule has 2 heterocycles. The minimum Gasteiger partial charge on any atom is -0.495 e. The van der Waals surface area contributed by atoms with Crippen molar-refractivity contribution in [2.24, 2.45) is 4.99 Å². The van der Waals surface area contributed by atoms with Gasteiger partial charge in [-0.05, 0) is 24.6 Å². The highest BCUT2D eigenvalue weighted by Gasteiger charge is 2.50. The van der Waals surface area contributed by atoms with Crippen LogP contribution in [0.2, 0.25) is 5.02 Å². The van der Waals surface area contributed by atoms with Gasteiger partial charge >= 0.3 is 0 Å². The molecule has 26 heavy (non-hydrogen) atoms. The monoisotopic (exact) mass is 416 g/mol. The average Bonchev–Trinajstić information content (AvgIpc) is 3.03. The Kier molecular flexibility index (Phi) is 5.84. The molecule has 1 aromatic carbocycles. The molecular formula is C17H21ClN2O4S2. The van der Waals surface area contributed by atoms with Crippen LogP contribution in [0.25, 0.3) is 0 Å². The van der Waals surface area contributed by atoms with Crippen LogP contribution in [0, 0.1) is 0 Å². The Balaban J connectivity index is 2.02. The first-order valence-corrected chi connectivity index (χ1v) is 11.5. The lowest BCUT2D eigenvalue weighted by atomic mass is 10.2. The Bertz CT molecular complexity index is 841. The second-order valence-electron chi connectivity index (χ2n) is 6.38. The van der Waals surface area contributed by atoms with Crippen molar-refractivity contribution in [3.05, 3.63) is 23.2 Å². The number of hydrogen-bond acceptors (Lipinski definition) is 5. The van der Waals surface area contributed by atoms with Crippen molar-refractivity contribution in [2.45, 2.75) is 37.5 Å². The topological polar surface area (TPSA) is 76.0 Å². The van der Waals surface area contributed by atoms with Gasteiger partial charge in [-0.2, -0.15) is 4.99 Å². The molecule has 0 spiro atoms. The number of carbonyl (C=O) groups is 1. The molecule has 2 aliphatic heterocycles. The van der Waals surface area contributed by atoms with Gasteiger partial charge in [0.2, 0.25) is 5.91 Å². The van der Waals surface area contributed by atoms with Crippen molar-refractivity contribution in [3.63, 3.8) is 0 Å². The van der Waals surface area contributed by atoms with Gasteiger partial charge in [0, 0.05) is 16.7 Å². The van der Waals surface area contributed by atoms with Gasteiger partial charge in [-0.25, -0.2) is 8.42 Å². The molecule has 2 atom stereocenters. The molecule has 0 radical (unpaired) electrons. The summed E-state index contributed by atoms with van der Waals surface area (Å²) in [4.78, 5) is 18.3. The normalized spacial score (nSPS) is 25.5. The zero-order valence-electron chi connectivity index (χ0n) is 14.6. The number of methoxy groups -OCH3 is 1. The van der Waals surface area contributed by atoms with Crippen molar-refractivity contribution >= 4 is 50.0 Å². The predicted molar refractivity (Wildman–Crippen MR) is 106 cm³/mol. The fourth-order valence-corrected chi connectivity index (χ4v) is 7.28. The van der Waals surface area contributed by atoms with Crippen LogP contribution in [-0.2, 0) is 14.6 Å². The van der Waals surface area contributed by atoms with Crippen LogP contribution in [0.3, 0.4) is 0 Å². The molecule has 0 N–H and O–H groups in total. The standard InChI is InChI=1S/C17H21ClN2O4S2/c1-3-4-5-16(21)19-17-20(12-8-11(18)6-7-14(12)24-2)13-9-26(22,23)10-15(13)25-17/h6-8,13,15H,3-5,9-10H2,1-2H3/t13-,15+/m0/s1. The first-order valence-electron chi connectivity index (χ1n) is 8.46. The number of amides is 1. The first-order chi connectivity index (χ1) is 12.3. The Morgan fingerprint density at radius 1 is 1.42 bits per heavy atom. The quantitative estimate of drug-likeness (QED) is 0.733. The van der Waals surface area contributed by atoms with Gasteiger partial charge in [-0.3, -0.25) is 4.79 Å². The minimum absolute atomic E-state index is 0.0303. The summed E-state index contributed by atoms with van der Waals surface area (Å²) in [6.45, 7) is 2.02. The number of amidine groups is 1. The molecule has 0 unspecified atom stereocenters. The first kappa shape index (κ1) is 19.5. The largest absolute Gasteiger partial charge is 0.495 e. The van der Waals surface area contributed by atoms with Gasteiger partial charge in [-0.1, -0.05) is 36.7 Å². The van der Waals surface area contributed by atoms with E-state index in [9.17, 15) is 13.2 Å². The number of ether oxygens (including phenoxy) is 1. The zero-order valence-corrected chi connectivity index (χ0v) is 17.0. The Morgan fingerprint density at radius 2 is 2.19 bits per heavy atom. The number of carbonyl (C=O) groups excluding carboxylic acids is 1. The summed E-state index contributed by atoms with van der Waals surface area (Å²) in [6, 6.07) is 4.88. The van der Waals surface area contributed by atoms with Crippen LogP contribution >= 0.6 is 23.4 Å². The van der Waals surface area contributed by atoms with Crippen LogP contribution in [0.4, 0.5) is 5.69 Å². The molecule has 0 saturated carbocycles. The molecule has 0 bridgehead atoms. The van der Waals surface area contributed by atoms with E-state index < -0.39 is 9.84 Å². The Morgan fingerprint density at radius 3 is 2.88 bits per heavy atom. The highest BCUT2D eigenvalue weighted by molar-refractivity contribution is 8.16. The van der Waals surface area contributed by atoms with E-state index in [1.165, 1.54) is 11.8 Å². The third kappa shape index (κ3) is 4.02. The van der Waals surface area contributed by atoms with Crippen molar-refractivity contribution in [1.82, 2.24) is 0 Å². The molecule has 1 aromatic rings. The highest BCUT2D eigenvalue weighted by Crippen LogP contribution is 2.44. The number of nitrogens with zero attached hydrogens (tertiary/aromatic N) is 2. The molecule has 142 valence electrons. The lowest BCUT2D eigenvalue weighted by molar-refractivity contribution is -0.117. The Hall–Kier alpha value is -1.25. The van der Waals surface area contributed by atoms with Gasteiger partial charge < -0.3 is 9.64 Å². The average molecular weight is 417 g/mol. The lowest BCUT2D eigenvalue weighted by Crippen LogP contribution is -2.38. The van der Waals surface area contributed by atoms with Gasteiger partial charge in [0.15, 0.2) is 15.0 Å². The maximum atomic E-state index is 12.2. The summed E-state index contributed by atoms with van der Waals surface area (Å²) in [5.41, 5.74) is 0.638. The number of unbranched alkanes of at least 4 members (excludes halogenated alkanes) is 1. The number of halogens is 1. The maximum Gasteiger partial charge on any atom is 0.248 e. The molecule has 0 aromatic heterocycles. The minimum atomic E-state index is -3.12. The molecule has 0 aliphatic carbocycles. The zero-order chi connectivity index (χ0) is 18.9. The van der Waals surface area contributed by atoms with Gasteiger partial charge in [0.1, 0.15) is 5.75 Å². The van der Waals surface area contributed by atoms with Gasteiger partial charge in [0.25, 0.3) is 0 Å².